The van der Waals surface area contributed by atoms with Crippen LogP contribution in [0.4, 0.5) is 0 Å². The molecule has 0 saturated heterocycles. The van der Waals surface area contributed by atoms with Crippen molar-refractivity contribution in [1.82, 2.24) is 10.6 Å². The highest BCUT2D eigenvalue weighted by atomic mass is 16.5. The van der Waals surface area contributed by atoms with Crippen LogP contribution in [0.25, 0.3) is 0 Å². The van der Waals surface area contributed by atoms with Crippen LogP contribution in [0.15, 0.2) is 0 Å². The zero-order chi connectivity index (χ0) is 12.9. The second kappa shape index (κ2) is 11.9. The fourth-order valence-electron chi connectivity index (χ4n) is 1.47. The Morgan fingerprint density at radius 1 is 1.18 bits per heavy atom. The van der Waals surface area contributed by atoms with Gasteiger partial charge in [0.2, 0.25) is 5.91 Å². The number of hydrogen-bond donors (Lipinski definition) is 2. The summed E-state index contributed by atoms with van der Waals surface area (Å²) in [5, 5.41) is 6.06. The summed E-state index contributed by atoms with van der Waals surface area (Å²) in [7, 11) is 0. The summed E-state index contributed by atoms with van der Waals surface area (Å²) in [6, 6.07) is 0.310. The highest BCUT2D eigenvalue weighted by Crippen LogP contribution is 1.94. The van der Waals surface area contributed by atoms with Gasteiger partial charge in [-0.25, -0.2) is 0 Å². The SMILES string of the molecule is CCCCOCCNCC(=O)NC(CC)CC. The maximum atomic E-state index is 11.5. The Kier molecular flexibility index (Phi) is 11.4. The second-order valence-electron chi connectivity index (χ2n) is 4.22. The van der Waals surface area contributed by atoms with Crippen molar-refractivity contribution in [3.63, 3.8) is 0 Å². The first-order valence-corrected chi connectivity index (χ1v) is 6.82. The van der Waals surface area contributed by atoms with Gasteiger partial charge in [0, 0.05) is 19.2 Å². The van der Waals surface area contributed by atoms with Crippen molar-refractivity contribution >= 4 is 5.91 Å². The van der Waals surface area contributed by atoms with Gasteiger partial charge in [-0.3, -0.25) is 4.79 Å². The van der Waals surface area contributed by atoms with E-state index in [4.69, 9.17) is 4.74 Å². The van der Waals surface area contributed by atoms with Gasteiger partial charge in [0.15, 0.2) is 0 Å². The van der Waals surface area contributed by atoms with E-state index in [0.29, 0.717) is 19.2 Å². The van der Waals surface area contributed by atoms with Gasteiger partial charge >= 0.3 is 0 Å². The Morgan fingerprint density at radius 3 is 2.47 bits per heavy atom. The molecular weight excluding hydrogens is 216 g/mol. The summed E-state index contributed by atoms with van der Waals surface area (Å²) in [4.78, 5) is 11.5. The summed E-state index contributed by atoms with van der Waals surface area (Å²) in [6.07, 6.45) is 4.24. The minimum absolute atomic E-state index is 0.0762. The van der Waals surface area contributed by atoms with Gasteiger partial charge in [0.1, 0.15) is 0 Å². The van der Waals surface area contributed by atoms with Crippen molar-refractivity contribution in [2.45, 2.75) is 52.5 Å². The van der Waals surface area contributed by atoms with Gasteiger partial charge in [-0.2, -0.15) is 0 Å². The molecule has 0 aromatic rings. The maximum Gasteiger partial charge on any atom is 0.234 e. The smallest absolute Gasteiger partial charge is 0.234 e. The molecule has 4 heteroatoms. The summed E-state index contributed by atoms with van der Waals surface area (Å²) in [6.45, 7) is 8.93. The first kappa shape index (κ1) is 16.4. The summed E-state index contributed by atoms with van der Waals surface area (Å²) in [5.41, 5.74) is 0. The quantitative estimate of drug-likeness (QED) is 0.544. The molecule has 0 fully saturated rings. The van der Waals surface area contributed by atoms with Gasteiger partial charge in [0.05, 0.1) is 13.2 Å². The van der Waals surface area contributed by atoms with Gasteiger partial charge in [-0.1, -0.05) is 27.2 Å². The average molecular weight is 244 g/mol. The Hall–Kier alpha value is -0.610. The van der Waals surface area contributed by atoms with E-state index in [1.165, 1.54) is 0 Å². The largest absolute Gasteiger partial charge is 0.380 e. The molecule has 0 unspecified atom stereocenters. The minimum Gasteiger partial charge on any atom is -0.380 e. The van der Waals surface area contributed by atoms with Crippen molar-refractivity contribution in [3.8, 4) is 0 Å². The summed E-state index contributed by atoms with van der Waals surface area (Å²) >= 11 is 0. The van der Waals surface area contributed by atoms with Crippen molar-refractivity contribution < 1.29 is 9.53 Å². The van der Waals surface area contributed by atoms with Crippen molar-refractivity contribution in [2.24, 2.45) is 0 Å². The van der Waals surface area contributed by atoms with E-state index < -0.39 is 0 Å². The molecule has 0 radical (unpaired) electrons. The predicted octanol–water partition coefficient (Wildman–Crippen LogP) is 1.70. The van der Waals surface area contributed by atoms with Gasteiger partial charge < -0.3 is 15.4 Å². The third-order valence-corrected chi connectivity index (χ3v) is 2.70. The van der Waals surface area contributed by atoms with Crippen LogP contribution in [0.2, 0.25) is 0 Å². The Morgan fingerprint density at radius 2 is 1.88 bits per heavy atom. The normalized spacial score (nSPS) is 10.8. The highest BCUT2D eigenvalue weighted by molar-refractivity contribution is 5.78. The maximum absolute atomic E-state index is 11.5. The zero-order valence-corrected chi connectivity index (χ0v) is 11.6. The molecule has 0 aromatic heterocycles. The van der Waals surface area contributed by atoms with Crippen molar-refractivity contribution in [1.29, 1.82) is 0 Å². The van der Waals surface area contributed by atoms with Crippen LogP contribution in [0.5, 0.6) is 0 Å². The van der Waals surface area contributed by atoms with E-state index in [2.05, 4.69) is 31.4 Å². The number of rotatable bonds is 11. The number of carbonyl (C=O) groups is 1. The van der Waals surface area contributed by atoms with E-state index in [1.54, 1.807) is 0 Å². The molecule has 0 aliphatic carbocycles. The monoisotopic (exact) mass is 244 g/mol. The van der Waals surface area contributed by atoms with Gasteiger partial charge in [-0.15, -0.1) is 0 Å². The van der Waals surface area contributed by atoms with Crippen LogP contribution in [0.1, 0.15) is 46.5 Å². The number of carbonyl (C=O) groups excluding carboxylic acids is 1. The molecule has 0 aliphatic rings. The van der Waals surface area contributed by atoms with E-state index in [-0.39, 0.29) is 5.91 Å². The molecule has 0 atom stereocenters. The molecule has 2 N–H and O–H groups in total. The topological polar surface area (TPSA) is 50.4 Å². The molecule has 0 heterocycles. The number of hydrogen-bond acceptors (Lipinski definition) is 3. The molecule has 0 aliphatic heterocycles. The summed E-state index contributed by atoms with van der Waals surface area (Å²) in [5.74, 6) is 0.0762. The van der Waals surface area contributed by atoms with E-state index in [1.807, 2.05) is 0 Å². The number of amides is 1. The third kappa shape index (κ3) is 10.3. The van der Waals surface area contributed by atoms with E-state index in [9.17, 15) is 4.79 Å². The van der Waals surface area contributed by atoms with Crippen LogP contribution in [-0.4, -0.2) is 38.3 Å². The zero-order valence-electron chi connectivity index (χ0n) is 11.6. The standard InChI is InChI=1S/C13H28N2O2/c1-4-7-9-17-10-8-14-11-13(16)15-12(5-2)6-3/h12,14H,4-11H2,1-3H3,(H,15,16). The number of unbranched alkanes of at least 4 members (excludes halogenated alkanes) is 1. The third-order valence-electron chi connectivity index (χ3n) is 2.70. The lowest BCUT2D eigenvalue weighted by Crippen LogP contribution is -2.40. The minimum atomic E-state index is 0.0762. The number of nitrogens with one attached hydrogen (secondary N) is 2. The van der Waals surface area contributed by atoms with Crippen LogP contribution in [0, 0.1) is 0 Å². The van der Waals surface area contributed by atoms with E-state index >= 15 is 0 Å². The second-order valence-corrected chi connectivity index (χ2v) is 4.22. The lowest BCUT2D eigenvalue weighted by molar-refractivity contribution is -0.121. The Balaban J connectivity index is 3.33. The lowest BCUT2D eigenvalue weighted by atomic mass is 10.2. The Bertz CT molecular complexity index is 182. The van der Waals surface area contributed by atoms with Crippen LogP contribution >= 0.6 is 0 Å². The van der Waals surface area contributed by atoms with Crippen LogP contribution in [-0.2, 0) is 9.53 Å². The summed E-state index contributed by atoms with van der Waals surface area (Å²) < 4.78 is 5.39. The molecule has 0 bridgehead atoms. The number of ether oxygens (including phenoxy) is 1. The first-order valence-electron chi connectivity index (χ1n) is 6.82. The average Bonchev–Trinajstić information content (AvgIpc) is 2.34. The molecule has 0 spiro atoms. The van der Waals surface area contributed by atoms with Crippen molar-refractivity contribution in [3.05, 3.63) is 0 Å². The van der Waals surface area contributed by atoms with E-state index in [0.717, 1.165) is 38.8 Å². The Labute approximate surface area is 105 Å². The van der Waals surface area contributed by atoms with Crippen LogP contribution < -0.4 is 10.6 Å². The van der Waals surface area contributed by atoms with Gasteiger partial charge in [0.25, 0.3) is 0 Å². The molecule has 102 valence electrons. The van der Waals surface area contributed by atoms with Gasteiger partial charge in [-0.05, 0) is 19.3 Å². The molecule has 0 aromatic carbocycles. The molecule has 4 nitrogen and oxygen atoms in total. The predicted molar refractivity (Wildman–Crippen MR) is 71.1 cm³/mol. The molecule has 17 heavy (non-hydrogen) atoms. The van der Waals surface area contributed by atoms with Crippen LogP contribution in [0.3, 0.4) is 0 Å². The molecular formula is C13H28N2O2. The first-order chi connectivity index (χ1) is 8.24. The lowest BCUT2D eigenvalue weighted by Gasteiger charge is -2.14. The molecule has 0 saturated carbocycles. The fourth-order valence-corrected chi connectivity index (χ4v) is 1.47. The fraction of sp³-hybridized carbons (Fsp3) is 0.923. The highest BCUT2D eigenvalue weighted by Gasteiger charge is 2.06. The molecule has 1 amide bonds. The molecule has 0 rings (SSSR count). The van der Waals surface area contributed by atoms with Crippen molar-refractivity contribution in [2.75, 3.05) is 26.3 Å².